The Balaban J connectivity index is 2.01. The molecular weight excluding hydrogens is 308 g/mol. The number of ketones is 1. The van der Waals surface area contributed by atoms with Crippen LogP contribution in [0.5, 0.6) is 0 Å². The van der Waals surface area contributed by atoms with Crippen LogP contribution in [0.3, 0.4) is 0 Å². The smallest absolute Gasteiger partial charge is 0.151 e. The van der Waals surface area contributed by atoms with Gasteiger partial charge in [-0.05, 0) is 68.6 Å². The zero-order chi connectivity index (χ0) is 18.6. The third-order valence-electron chi connectivity index (χ3n) is 6.95. The van der Waals surface area contributed by atoms with E-state index in [9.17, 15) is 4.79 Å². The van der Waals surface area contributed by atoms with Gasteiger partial charge in [0.05, 0.1) is 6.54 Å². The van der Waals surface area contributed by atoms with Crippen molar-refractivity contribution in [1.82, 2.24) is 10.9 Å². The molecule has 0 spiro atoms. The van der Waals surface area contributed by atoms with E-state index in [4.69, 9.17) is 0 Å². The number of fused-ring (bicyclic) bond motifs is 1. The summed E-state index contributed by atoms with van der Waals surface area (Å²) in [6.07, 6.45) is 7.84. The van der Waals surface area contributed by atoms with Gasteiger partial charge in [-0.25, -0.2) is 0 Å². The van der Waals surface area contributed by atoms with Gasteiger partial charge in [-0.1, -0.05) is 47.0 Å². The second-order valence-electron chi connectivity index (χ2n) is 9.73. The second kappa shape index (κ2) is 9.50. The molecule has 0 aromatic heterocycles. The minimum atomic E-state index is 0.264. The lowest BCUT2D eigenvalue weighted by atomic mass is 9.77. The summed E-state index contributed by atoms with van der Waals surface area (Å²) >= 11 is 0. The summed E-state index contributed by atoms with van der Waals surface area (Å²) in [4.78, 5) is 13.0. The Labute approximate surface area is 156 Å². The molecule has 0 aromatic carbocycles. The molecule has 0 heterocycles. The molecule has 0 radical (unpaired) electrons. The number of carbonyl (C=O) groups is 1. The lowest BCUT2D eigenvalue weighted by Gasteiger charge is -2.28. The van der Waals surface area contributed by atoms with Crippen molar-refractivity contribution < 1.29 is 4.79 Å². The van der Waals surface area contributed by atoms with Crippen molar-refractivity contribution in [3.8, 4) is 0 Å². The van der Waals surface area contributed by atoms with Crippen LogP contribution in [0, 0.1) is 41.4 Å². The fourth-order valence-corrected chi connectivity index (χ4v) is 4.88. The van der Waals surface area contributed by atoms with Crippen molar-refractivity contribution in [2.45, 2.75) is 86.1 Å². The highest BCUT2D eigenvalue weighted by Gasteiger charge is 2.47. The van der Waals surface area contributed by atoms with Crippen molar-refractivity contribution in [3.63, 3.8) is 0 Å². The third-order valence-corrected chi connectivity index (χ3v) is 6.95. The Morgan fingerprint density at radius 2 is 1.52 bits per heavy atom. The first-order chi connectivity index (χ1) is 11.8. The average Bonchev–Trinajstić information content (AvgIpc) is 3.27. The maximum Gasteiger partial charge on any atom is 0.151 e. The molecule has 0 saturated heterocycles. The first-order valence-electron chi connectivity index (χ1n) is 10.8. The Hall–Kier alpha value is -0.410. The minimum absolute atomic E-state index is 0.264. The zero-order valence-electron chi connectivity index (χ0n) is 17.5. The first-order valence-corrected chi connectivity index (χ1v) is 10.8. The molecule has 146 valence electrons. The summed E-state index contributed by atoms with van der Waals surface area (Å²) in [7, 11) is 0. The molecule has 0 aromatic rings. The lowest BCUT2D eigenvalue weighted by molar-refractivity contribution is -0.124. The van der Waals surface area contributed by atoms with E-state index in [0.29, 0.717) is 30.2 Å². The van der Waals surface area contributed by atoms with Crippen LogP contribution in [-0.4, -0.2) is 18.4 Å². The van der Waals surface area contributed by atoms with Crippen molar-refractivity contribution in [2.24, 2.45) is 41.4 Å². The largest absolute Gasteiger partial charge is 0.298 e. The molecule has 0 amide bonds. The van der Waals surface area contributed by atoms with E-state index in [-0.39, 0.29) is 5.92 Å². The summed E-state index contributed by atoms with van der Waals surface area (Å²) in [6.45, 7) is 14.3. The third kappa shape index (κ3) is 6.36. The molecule has 3 nitrogen and oxygen atoms in total. The molecule has 2 saturated carbocycles. The van der Waals surface area contributed by atoms with Gasteiger partial charge in [-0.15, -0.1) is 0 Å². The van der Waals surface area contributed by atoms with Crippen LogP contribution < -0.4 is 10.9 Å². The van der Waals surface area contributed by atoms with Crippen LogP contribution >= 0.6 is 0 Å². The van der Waals surface area contributed by atoms with Crippen LogP contribution in [0.25, 0.3) is 0 Å². The van der Waals surface area contributed by atoms with Crippen LogP contribution in [-0.2, 0) is 4.79 Å². The van der Waals surface area contributed by atoms with E-state index in [1.807, 2.05) is 0 Å². The number of hydrogen-bond donors (Lipinski definition) is 2. The predicted molar refractivity (Wildman–Crippen MR) is 106 cm³/mol. The monoisotopic (exact) mass is 350 g/mol. The maximum atomic E-state index is 13.0. The molecule has 2 N–H and O–H groups in total. The number of hydrazine groups is 1. The van der Waals surface area contributed by atoms with Gasteiger partial charge in [0, 0.05) is 12.0 Å². The molecule has 2 unspecified atom stereocenters. The Morgan fingerprint density at radius 3 is 2.16 bits per heavy atom. The predicted octanol–water partition coefficient (Wildman–Crippen LogP) is 4.82. The normalized spacial score (nSPS) is 40.0. The summed E-state index contributed by atoms with van der Waals surface area (Å²) in [6, 6.07) is 0.360. The topological polar surface area (TPSA) is 41.1 Å². The maximum absolute atomic E-state index is 13.0. The summed E-state index contributed by atoms with van der Waals surface area (Å²) < 4.78 is 0. The van der Waals surface area contributed by atoms with E-state index in [0.717, 1.165) is 23.7 Å². The Morgan fingerprint density at radius 1 is 0.920 bits per heavy atom. The highest BCUT2D eigenvalue weighted by Crippen LogP contribution is 2.52. The molecule has 0 bridgehead atoms. The van der Waals surface area contributed by atoms with Gasteiger partial charge in [0.1, 0.15) is 0 Å². The SMILES string of the molecule is CC(C)NNCC(=O)[C@H]1C2CC2C[C@@H](C)CC[C@@H](C)[C@H](C)CC[C@@H]1C. The van der Waals surface area contributed by atoms with Gasteiger partial charge in [0.15, 0.2) is 5.78 Å². The van der Waals surface area contributed by atoms with Crippen molar-refractivity contribution in [2.75, 3.05) is 6.54 Å². The Bertz CT molecular complexity index is 422. The summed E-state index contributed by atoms with van der Waals surface area (Å²) in [5.74, 6) is 5.08. The second-order valence-corrected chi connectivity index (χ2v) is 9.73. The van der Waals surface area contributed by atoms with Crippen molar-refractivity contribution in [1.29, 1.82) is 0 Å². The lowest BCUT2D eigenvalue weighted by Crippen LogP contribution is -2.43. The summed E-state index contributed by atoms with van der Waals surface area (Å²) in [5, 5.41) is 0. The molecule has 2 aliphatic rings. The van der Waals surface area contributed by atoms with Crippen molar-refractivity contribution in [3.05, 3.63) is 0 Å². The van der Waals surface area contributed by atoms with Gasteiger partial charge >= 0.3 is 0 Å². The molecular formula is C22H42N2O. The molecule has 2 fully saturated rings. The number of Topliss-reactive ketones (excluding diaryl/α,β-unsaturated/α-hetero) is 1. The number of carbonyl (C=O) groups excluding carboxylic acids is 1. The molecule has 3 heteroatoms. The molecule has 2 aliphatic carbocycles. The highest BCUT2D eigenvalue weighted by molar-refractivity contribution is 5.83. The van der Waals surface area contributed by atoms with Gasteiger partial charge in [-0.3, -0.25) is 15.6 Å². The minimum Gasteiger partial charge on any atom is -0.298 e. The van der Waals surface area contributed by atoms with Crippen LogP contribution in [0.1, 0.15) is 80.1 Å². The van der Waals surface area contributed by atoms with Crippen LogP contribution in [0.2, 0.25) is 0 Å². The van der Waals surface area contributed by atoms with Crippen LogP contribution in [0.4, 0.5) is 0 Å². The first kappa shape index (κ1) is 20.9. The zero-order valence-corrected chi connectivity index (χ0v) is 17.5. The molecule has 0 aliphatic heterocycles. The van der Waals surface area contributed by atoms with Crippen molar-refractivity contribution >= 4 is 5.78 Å². The van der Waals surface area contributed by atoms with E-state index >= 15 is 0 Å². The molecule has 2 rings (SSSR count). The van der Waals surface area contributed by atoms with E-state index in [2.05, 4.69) is 52.4 Å². The highest BCUT2D eigenvalue weighted by atomic mass is 16.1. The van der Waals surface area contributed by atoms with E-state index < -0.39 is 0 Å². The number of nitrogens with one attached hydrogen (secondary N) is 2. The van der Waals surface area contributed by atoms with Gasteiger partial charge in [0.25, 0.3) is 0 Å². The Kier molecular flexibility index (Phi) is 7.94. The molecule has 25 heavy (non-hydrogen) atoms. The number of hydrogen-bond acceptors (Lipinski definition) is 3. The van der Waals surface area contributed by atoms with E-state index in [1.54, 1.807) is 0 Å². The van der Waals surface area contributed by atoms with Gasteiger partial charge < -0.3 is 0 Å². The van der Waals surface area contributed by atoms with Gasteiger partial charge in [0.2, 0.25) is 0 Å². The summed E-state index contributed by atoms with van der Waals surface area (Å²) in [5.41, 5.74) is 6.33. The molecule has 7 atom stereocenters. The van der Waals surface area contributed by atoms with Gasteiger partial charge in [-0.2, -0.15) is 0 Å². The quantitative estimate of drug-likeness (QED) is 0.699. The van der Waals surface area contributed by atoms with Crippen LogP contribution in [0.15, 0.2) is 0 Å². The average molecular weight is 351 g/mol. The fourth-order valence-electron chi connectivity index (χ4n) is 4.88. The standard InChI is InChI=1S/C22H42N2O/c1-14(2)24-23-13-21(25)22-18(6)10-9-17(5)16(4)8-7-15(3)11-19-12-20(19)22/h14-20,22-24H,7-13H2,1-6H3/t15-,16+,17+,18-,19?,20?,22+/m0/s1. The van der Waals surface area contributed by atoms with E-state index in [1.165, 1.54) is 38.5 Å². The number of rotatable bonds is 5. The fraction of sp³-hybridized carbons (Fsp3) is 0.955.